The number of methoxy groups -OCH3 is 1. The van der Waals surface area contributed by atoms with Crippen molar-refractivity contribution in [2.24, 2.45) is 5.92 Å². The first-order valence-electron chi connectivity index (χ1n) is 11.7. The molecule has 0 atom stereocenters. The van der Waals surface area contributed by atoms with Gasteiger partial charge in [0.25, 0.3) is 5.91 Å². The third-order valence-corrected chi connectivity index (χ3v) is 6.79. The number of aryl methyl sites for hydroxylation is 1. The standard InChI is InChI=1S/C26H33N3O3/c1-18-10-11-23(25(30)27-17-19-6-5-9-22(16-19)32-2)24(28-18)20-12-14-29(15-13-20)26(31)21-7-3-4-8-21/h5-6,9-11,16,20-21H,3-4,7-8,12-15,17H2,1-2H3,(H,27,30). The van der Waals surface area contributed by atoms with Crippen molar-refractivity contribution in [2.45, 2.75) is 57.9 Å². The SMILES string of the molecule is COc1cccc(CNC(=O)c2ccc(C)nc2C2CCN(C(=O)C3CCCC3)CC2)c1. The molecule has 2 heterocycles. The van der Waals surface area contributed by atoms with Crippen LogP contribution in [0.2, 0.25) is 0 Å². The van der Waals surface area contributed by atoms with Gasteiger partial charge in [0.2, 0.25) is 5.91 Å². The number of piperidine rings is 1. The van der Waals surface area contributed by atoms with Crippen LogP contribution >= 0.6 is 0 Å². The van der Waals surface area contributed by atoms with E-state index in [2.05, 4.69) is 5.32 Å². The highest BCUT2D eigenvalue weighted by Crippen LogP contribution is 2.32. The smallest absolute Gasteiger partial charge is 0.253 e. The highest BCUT2D eigenvalue weighted by Gasteiger charge is 2.32. The van der Waals surface area contributed by atoms with E-state index in [1.807, 2.05) is 48.2 Å². The van der Waals surface area contributed by atoms with E-state index in [9.17, 15) is 9.59 Å². The highest BCUT2D eigenvalue weighted by atomic mass is 16.5. The molecule has 2 amide bonds. The summed E-state index contributed by atoms with van der Waals surface area (Å²) in [7, 11) is 1.63. The molecule has 2 aromatic rings. The predicted octanol–water partition coefficient (Wildman–Crippen LogP) is 4.22. The van der Waals surface area contributed by atoms with Crippen LogP contribution in [0.4, 0.5) is 0 Å². The summed E-state index contributed by atoms with van der Waals surface area (Å²) in [4.78, 5) is 32.6. The monoisotopic (exact) mass is 435 g/mol. The molecular weight excluding hydrogens is 402 g/mol. The molecular formula is C26H33N3O3. The summed E-state index contributed by atoms with van der Waals surface area (Å²) in [5.41, 5.74) is 3.40. The van der Waals surface area contributed by atoms with Crippen molar-refractivity contribution in [3.05, 3.63) is 58.9 Å². The zero-order chi connectivity index (χ0) is 22.5. The first-order valence-corrected chi connectivity index (χ1v) is 11.7. The van der Waals surface area contributed by atoms with E-state index in [-0.39, 0.29) is 17.7 Å². The summed E-state index contributed by atoms with van der Waals surface area (Å²) in [5.74, 6) is 1.41. The first-order chi connectivity index (χ1) is 15.5. The fourth-order valence-corrected chi connectivity index (χ4v) is 4.94. The summed E-state index contributed by atoms with van der Waals surface area (Å²) >= 11 is 0. The largest absolute Gasteiger partial charge is 0.497 e. The second-order valence-electron chi connectivity index (χ2n) is 9.00. The zero-order valence-corrected chi connectivity index (χ0v) is 19.1. The molecule has 4 rings (SSSR count). The van der Waals surface area contributed by atoms with Crippen LogP contribution in [0, 0.1) is 12.8 Å². The number of nitrogens with zero attached hydrogens (tertiary/aromatic N) is 2. The molecule has 2 fully saturated rings. The predicted molar refractivity (Wildman–Crippen MR) is 124 cm³/mol. The minimum absolute atomic E-state index is 0.111. The fourth-order valence-electron chi connectivity index (χ4n) is 4.94. The van der Waals surface area contributed by atoms with Gasteiger partial charge in [-0.15, -0.1) is 0 Å². The molecule has 0 bridgehead atoms. The molecule has 32 heavy (non-hydrogen) atoms. The Morgan fingerprint density at radius 2 is 1.84 bits per heavy atom. The number of hydrogen-bond acceptors (Lipinski definition) is 4. The Morgan fingerprint density at radius 1 is 1.09 bits per heavy atom. The van der Waals surface area contributed by atoms with Gasteiger partial charge in [-0.05, 0) is 62.4 Å². The van der Waals surface area contributed by atoms with Crippen molar-refractivity contribution >= 4 is 11.8 Å². The van der Waals surface area contributed by atoms with Gasteiger partial charge in [0.1, 0.15) is 5.75 Å². The Kier molecular flexibility index (Phi) is 7.08. The number of hydrogen-bond donors (Lipinski definition) is 1. The molecule has 170 valence electrons. The number of carbonyl (C=O) groups is 2. The molecule has 0 radical (unpaired) electrons. The molecule has 1 saturated carbocycles. The minimum Gasteiger partial charge on any atom is -0.497 e. The fraction of sp³-hybridized carbons (Fsp3) is 0.500. The third kappa shape index (κ3) is 5.12. The van der Waals surface area contributed by atoms with E-state index < -0.39 is 0 Å². The molecule has 1 saturated heterocycles. The summed E-state index contributed by atoms with van der Waals surface area (Å²) in [6.45, 7) is 3.89. The molecule has 0 unspecified atom stereocenters. The molecule has 6 nitrogen and oxygen atoms in total. The lowest BCUT2D eigenvalue weighted by Gasteiger charge is -2.34. The lowest BCUT2D eigenvalue weighted by Crippen LogP contribution is -2.41. The summed E-state index contributed by atoms with van der Waals surface area (Å²) in [6.07, 6.45) is 6.13. The van der Waals surface area contributed by atoms with Gasteiger partial charge in [-0.25, -0.2) is 0 Å². The Labute approximate surface area is 190 Å². The van der Waals surface area contributed by atoms with Crippen molar-refractivity contribution in [3.8, 4) is 5.75 Å². The lowest BCUT2D eigenvalue weighted by molar-refractivity contribution is -0.136. The molecule has 1 aliphatic heterocycles. The molecule has 1 aromatic carbocycles. The molecule has 6 heteroatoms. The Hall–Kier alpha value is -2.89. The molecule has 0 spiro atoms. The van der Waals surface area contributed by atoms with E-state index in [0.717, 1.165) is 61.5 Å². The number of pyridine rings is 1. The number of likely N-dealkylation sites (tertiary alicyclic amines) is 1. The van der Waals surface area contributed by atoms with E-state index in [1.165, 1.54) is 12.8 Å². The number of nitrogens with one attached hydrogen (secondary N) is 1. The van der Waals surface area contributed by atoms with Gasteiger partial charge in [0, 0.05) is 37.2 Å². The average Bonchev–Trinajstić information content (AvgIpc) is 3.37. The van der Waals surface area contributed by atoms with Gasteiger partial charge in [-0.2, -0.15) is 0 Å². The first kappa shape index (κ1) is 22.3. The van der Waals surface area contributed by atoms with Crippen LogP contribution in [0.15, 0.2) is 36.4 Å². The maximum Gasteiger partial charge on any atom is 0.253 e. The van der Waals surface area contributed by atoms with Crippen LogP contribution in [0.1, 0.15) is 71.8 Å². The highest BCUT2D eigenvalue weighted by molar-refractivity contribution is 5.95. The van der Waals surface area contributed by atoms with Gasteiger partial charge >= 0.3 is 0 Å². The van der Waals surface area contributed by atoms with E-state index >= 15 is 0 Å². The van der Waals surface area contributed by atoms with Gasteiger partial charge in [-0.3, -0.25) is 14.6 Å². The number of ether oxygens (including phenoxy) is 1. The van der Waals surface area contributed by atoms with Crippen LogP contribution < -0.4 is 10.1 Å². The Bertz CT molecular complexity index is 961. The van der Waals surface area contributed by atoms with E-state index in [4.69, 9.17) is 9.72 Å². The maximum atomic E-state index is 13.0. The average molecular weight is 436 g/mol. The van der Waals surface area contributed by atoms with Gasteiger partial charge in [0.05, 0.1) is 18.4 Å². The molecule has 1 aliphatic carbocycles. The summed E-state index contributed by atoms with van der Waals surface area (Å²) < 4.78 is 5.27. The summed E-state index contributed by atoms with van der Waals surface area (Å²) in [5, 5.41) is 3.03. The Balaban J connectivity index is 1.41. The summed E-state index contributed by atoms with van der Waals surface area (Å²) in [6, 6.07) is 11.5. The quantitative estimate of drug-likeness (QED) is 0.737. The van der Waals surface area contributed by atoms with Crippen molar-refractivity contribution < 1.29 is 14.3 Å². The van der Waals surface area contributed by atoms with Crippen LogP contribution in [-0.4, -0.2) is 41.9 Å². The number of aromatic nitrogens is 1. The molecule has 1 aromatic heterocycles. The normalized spacial score (nSPS) is 17.4. The number of rotatable bonds is 6. The van der Waals surface area contributed by atoms with E-state index in [1.54, 1.807) is 7.11 Å². The maximum absolute atomic E-state index is 13.0. The zero-order valence-electron chi connectivity index (χ0n) is 19.1. The van der Waals surface area contributed by atoms with Crippen molar-refractivity contribution in [3.63, 3.8) is 0 Å². The van der Waals surface area contributed by atoms with E-state index in [0.29, 0.717) is 18.0 Å². The topological polar surface area (TPSA) is 71.5 Å². The van der Waals surface area contributed by atoms with Crippen molar-refractivity contribution in [2.75, 3.05) is 20.2 Å². The lowest BCUT2D eigenvalue weighted by atomic mass is 9.89. The van der Waals surface area contributed by atoms with Gasteiger partial charge in [-0.1, -0.05) is 25.0 Å². The van der Waals surface area contributed by atoms with Gasteiger partial charge < -0.3 is 15.0 Å². The number of amides is 2. The van der Waals surface area contributed by atoms with Crippen LogP contribution in [0.25, 0.3) is 0 Å². The van der Waals surface area contributed by atoms with Crippen LogP contribution in [-0.2, 0) is 11.3 Å². The van der Waals surface area contributed by atoms with Crippen LogP contribution in [0.3, 0.4) is 0 Å². The second kappa shape index (κ2) is 10.2. The Morgan fingerprint density at radius 3 is 2.56 bits per heavy atom. The number of benzene rings is 1. The molecule has 2 aliphatic rings. The third-order valence-electron chi connectivity index (χ3n) is 6.79. The van der Waals surface area contributed by atoms with Crippen LogP contribution in [0.5, 0.6) is 5.75 Å². The van der Waals surface area contributed by atoms with Gasteiger partial charge in [0.15, 0.2) is 0 Å². The number of carbonyl (C=O) groups excluding carboxylic acids is 2. The van der Waals surface area contributed by atoms with Crippen molar-refractivity contribution in [1.29, 1.82) is 0 Å². The second-order valence-corrected chi connectivity index (χ2v) is 9.00. The molecule has 1 N–H and O–H groups in total. The minimum atomic E-state index is -0.111. The van der Waals surface area contributed by atoms with Crippen molar-refractivity contribution in [1.82, 2.24) is 15.2 Å².